The second-order valence-electron chi connectivity index (χ2n) is 12.2. The zero-order valence-electron chi connectivity index (χ0n) is 25.5. The van der Waals surface area contributed by atoms with Gasteiger partial charge in [0.1, 0.15) is 5.69 Å². The van der Waals surface area contributed by atoms with Gasteiger partial charge >= 0.3 is 0 Å². The van der Waals surface area contributed by atoms with Gasteiger partial charge in [0.15, 0.2) is 0 Å². The quantitative estimate of drug-likeness (QED) is 0.401. The number of nitrogens with zero attached hydrogens (tertiary/aromatic N) is 5. The summed E-state index contributed by atoms with van der Waals surface area (Å²) in [5, 5.41) is 18.6. The molecular weight excluding hydrogens is 550 g/mol. The highest BCUT2D eigenvalue weighted by Gasteiger charge is 2.33. The van der Waals surface area contributed by atoms with E-state index >= 15 is 0 Å². The molecule has 4 heterocycles. The first-order valence-electron chi connectivity index (χ1n) is 15.8. The van der Waals surface area contributed by atoms with Crippen LogP contribution >= 0.6 is 0 Å². The number of fused-ring (bicyclic) bond motifs is 2. The topological polar surface area (TPSA) is 105 Å². The van der Waals surface area contributed by atoms with Crippen molar-refractivity contribution in [3.05, 3.63) is 77.6 Å². The van der Waals surface area contributed by atoms with Crippen LogP contribution in [0.3, 0.4) is 0 Å². The number of benzene rings is 2. The molecule has 2 saturated heterocycles. The SMILES string of the molecule is C=CC(=O)N1CCN(c2cc(C(=O)NCC3CCCNC3)nc3c2CCN(c2cccc4cccc(C)c24)C3)C[C@@H]1CC#N. The van der Waals surface area contributed by atoms with E-state index < -0.39 is 0 Å². The molecule has 0 saturated carbocycles. The monoisotopic (exact) mass is 591 g/mol. The van der Waals surface area contributed by atoms with E-state index in [1.165, 1.54) is 28.1 Å². The van der Waals surface area contributed by atoms with E-state index in [-0.39, 0.29) is 24.3 Å². The molecule has 2 amide bonds. The molecule has 6 rings (SSSR count). The van der Waals surface area contributed by atoms with Crippen LogP contribution in [0.4, 0.5) is 11.4 Å². The number of rotatable bonds is 7. The van der Waals surface area contributed by atoms with E-state index in [0.717, 1.165) is 55.8 Å². The van der Waals surface area contributed by atoms with Crippen LogP contribution in [0.25, 0.3) is 10.8 Å². The smallest absolute Gasteiger partial charge is 0.269 e. The molecule has 2 atom stereocenters. The first-order valence-corrected chi connectivity index (χ1v) is 15.8. The average Bonchev–Trinajstić information content (AvgIpc) is 3.06. The van der Waals surface area contributed by atoms with Gasteiger partial charge in [-0.15, -0.1) is 0 Å². The third-order valence-electron chi connectivity index (χ3n) is 9.38. The maximum atomic E-state index is 13.6. The molecule has 2 aromatic carbocycles. The summed E-state index contributed by atoms with van der Waals surface area (Å²) in [6, 6.07) is 16.8. The lowest BCUT2D eigenvalue weighted by Gasteiger charge is -2.43. The lowest BCUT2D eigenvalue weighted by Crippen LogP contribution is -2.55. The number of amides is 2. The average molecular weight is 592 g/mol. The zero-order chi connectivity index (χ0) is 30.6. The summed E-state index contributed by atoms with van der Waals surface area (Å²) >= 11 is 0. The van der Waals surface area contributed by atoms with Crippen molar-refractivity contribution < 1.29 is 9.59 Å². The van der Waals surface area contributed by atoms with E-state index in [1.807, 2.05) is 6.07 Å². The maximum Gasteiger partial charge on any atom is 0.269 e. The van der Waals surface area contributed by atoms with E-state index in [4.69, 9.17) is 4.98 Å². The number of nitrogens with one attached hydrogen (secondary N) is 2. The molecule has 0 radical (unpaired) electrons. The van der Waals surface area contributed by atoms with Gasteiger partial charge in [-0.2, -0.15) is 5.26 Å². The molecule has 2 N–H and O–H groups in total. The standard InChI is InChI=1S/C35H41N7O2/c1-3-33(43)42-18-17-41(22-27(42)12-14-36)32-19-29(35(44)38-21-25-8-6-15-37-20-25)39-30-23-40(16-13-28(30)32)31-11-5-10-26-9-4-7-24(2)34(26)31/h3-5,7,9-11,19,25,27,37H,1,6,8,12-13,15-18,20-23H2,2H3,(H,38,44)/t25?,27-/m0/s1. The van der Waals surface area contributed by atoms with Crippen LogP contribution in [-0.2, 0) is 17.8 Å². The van der Waals surface area contributed by atoms with Crippen LogP contribution < -0.4 is 20.4 Å². The Morgan fingerprint density at radius 1 is 1.16 bits per heavy atom. The van der Waals surface area contributed by atoms with Crippen LogP contribution in [0.5, 0.6) is 0 Å². The number of hydrogen-bond donors (Lipinski definition) is 2. The predicted molar refractivity (Wildman–Crippen MR) is 174 cm³/mol. The fourth-order valence-corrected chi connectivity index (χ4v) is 7.08. The summed E-state index contributed by atoms with van der Waals surface area (Å²) in [5.41, 5.74) is 5.87. The van der Waals surface area contributed by atoms with E-state index in [2.05, 4.69) is 76.4 Å². The minimum atomic E-state index is -0.252. The third kappa shape index (κ3) is 6.00. The Hall–Kier alpha value is -4.42. The van der Waals surface area contributed by atoms with Crippen molar-refractivity contribution in [2.75, 3.05) is 55.6 Å². The van der Waals surface area contributed by atoms with Gasteiger partial charge in [-0.1, -0.05) is 36.9 Å². The largest absolute Gasteiger partial charge is 0.367 e. The Labute approximate surface area is 259 Å². The molecule has 0 aliphatic carbocycles. The van der Waals surface area contributed by atoms with Gasteiger partial charge < -0.3 is 25.3 Å². The Morgan fingerprint density at radius 3 is 2.77 bits per heavy atom. The molecule has 0 bridgehead atoms. The maximum absolute atomic E-state index is 13.6. The van der Waals surface area contributed by atoms with Gasteiger partial charge in [0.2, 0.25) is 5.91 Å². The molecule has 9 heteroatoms. The van der Waals surface area contributed by atoms with Crippen LogP contribution in [0.2, 0.25) is 0 Å². The fraction of sp³-hybridized carbons (Fsp3) is 0.429. The second kappa shape index (κ2) is 13.1. The highest BCUT2D eigenvalue weighted by molar-refractivity contribution is 5.97. The molecule has 1 unspecified atom stereocenters. The number of anilines is 2. The molecule has 9 nitrogen and oxygen atoms in total. The number of hydrogen-bond acceptors (Lipinski definition) is 7. The molecular formula is C35H41N7O2. The van der Waals surface area contributed by atoms with E-state index in [0.29, 0.717) is 44.3 Å². The van der Waals surface area contributed by atoms with E-state index in [1.54, 1.807) is 4.90 Å². The zero-order valence-corrected chi connectivity index (χ0v) is 25.5. The second-order valence-corrected chi connectivity index (χ2v) is 12.2. The minimum Gasteiger partial charge on any atom is -0.367 e. The number of piperazine rings is 1. The summed E-state index contributed by atoms with van der Waals surface area (Å²) in [7, 11) is 0. The normalized spacial score (nSPS) is 20.1. The number of piperidine rings is 1. The Kier molecular flexibility index (Phi) is 8.80. The summed E-state index contributed by atoms with van der Waals surface area (Å²) in [6.07, 6.45) is 4.56. The first-order chi connectivity index (χ1) is 21.5. The predicted octanol–water partition coefficient (Wildman–Crippen LogP) is 3.95. The number of aromatic nitrogens is 1. The van der Waals surface area contributed by atoms with Crippen molar-refractivity contribution in [1.29, 1.82) is 5.26 Å². The van der Waals surface area contributed by atoms with Gasteiger partial charge in [-0.3, -0.25) is 9.59 Å². The number of carbonyl (C=O) groups excluding carboxylic acids is 2. The molecule has 228 valence electrons. The van der Waals surface area contributed by atoms with Crippen molar-refractivity contribution in [3.8, 4) is 6.07 Å². The van der Waals surface area contributed by atoms with Crippen LogP contribution in [0.1, 0.15) is 46.6 Å². The lowest BCUT2D eigenvalue weighted by atomic mass is 9.97. The summed E-state index contributed by atoms with van der Waals surface area (Å²) < 4.78 is 0. The number of nitriles is 1. The number of aryl methyl sites for hydroxylation is 1. The molecule has 2 fully saturated rings. The highest BCUT2D eigenvalue weighted by Crippen LogP contribution is 2.36. The van der Waals surface area contributed by atoms with Crippen molar-refractivity contribution in [1.82, 2.24) is 20.5 Å². The van der Waals surface area contributed by atoms with Crippen LogP contribution in [0, 0.1) is 24.2 Å². The van der Waals surface area contributed by atoms with Gasteiger partial charge in [-0.25, -0.2) is 4.98 Å². The number of carbonyl (C=O) groups is 2. The Bertz CT molecular complexity index is 1600. The van der Waals surface area contributed by atoms with Gasteiger partial charge in [0.05, 0.1) is 30.8 Å². The fourth-order valence-electron chi connectivity index (χ4n) is 7.08. The van der Waals surface area contributed by atoms with Crippen LogP contribution in [-0.4, -0.2) is 73.6 Å². The Morgan fingerprint density at radius 2 is 2.00 bits per heavy atom. The first kappa shape index (κ1) is 29.6. The van der Waals surface area contributed by atoms with Gasteiger partial charge in [0.25, 0.3) is 5.91 Å². The summed E-state index contributed by atoms with van der Waals surface area (Å²) in [6.45, 7) is 11.4. The highest BCUT2D eigenvalue weighted by atomic mass is 16.2. The van der Waals surface area contributed by atoms with E-state index in [9.17, 15) is 14.9 Å². The minimum absolute atomic E-state index is 0.153. The van der Waals surface area contributed by atoms with Crippen molar-refractivity contribution in [2.45, 2.75) is 45.2 Å². The van der Waals surface area contributed by atoms with Crippen molar-refractivity contribution >= 4 is 34.0 Å². The van der Waals surface area contributed by atoms with Crippen molar-refractivity contribution in [2.24, 2.45) is 5.92 Å². The molecule has 3 aromatic rings. The van der Waals surface area contributed by atoms with Gasteiger partial charge in [0, 0.05) is 55.0 Å². The molecule has 3 aliphatic rings. The van der Waals surface area contributed by atoms with Crippen LogP contribution in [0.15, 0.2) is 55.1 Å². The lowest BCUT2D eigenvalue weighted by molar-refractivity contribution is -0.128. The molecule has 3 aliphatic heterocycles. The third-order valence-corrected chi connectivity index (χ3v) is 9.38. The van der Waals surface area contributed by atoms with Crippen molar-refractivity contribution in [3.63, 3.8) is 0 Å². The molecule has 44 heavy (non-hydrogen) atoms. The molecule has 1 aromatic heterocycles. The summed E-state index contributed by atoms with van der Waals surface area (Å²) in [5.74, 6) is 0.101. The van der Waals surface area contributed by atoms with Gasteiger partial charge in [-0.05, 0) is 74.4 Å². The molecule has 0 spiro atoms. The Balaban J connectivity index is 1.34. The number of pyridine rings is 1. The summed E-state index contributed by atoms with van der Waals surface area (Å²) in [4.78, 5) is 37.5.